The van der Waals surface area contributed by atoms with Gasteiger partial charge in [-0.2, -0.15) is 5.10 Å². The zero-order chi connectivity index (χ0) is 11.5. The van der Waals surface area contributed by atoms with E-state index in [0.29, 0.717) is 11.6 Å². The number of aromatic amines is 1. The van der Waals surface area contributed by atoms with Gasteiger partial charge in [-0.05, 0) is 6.42 Å². The van der Waals surface area contributed by atoms with Crippen LogP contribution in [0.3, 0.4) is 0 Å². The largest absolute Gasteiger partial charge is 0.381 e. The van der Waals surface area contributed by atoms with Gasteiger partial charge >= 0.3 is 0 Å². The molecule has 0 aliphatic carbocycles. The van der Waals surface area contributed by atoms with Crippen LogP contribution in [-0.4, -0.2) is 37.0 Å². The van der Waals surface area contributed by atoms with E-state index in [-0.39, 0.29) is 10.6 Å². The van der Waals surface area contributed by atoms with Gasteiger partial charge in [-0.25, -0.2) is 5.10 Å². The molecule has 1 atom stereocenters. The molecule has 16 heavy (non-hydrogen) atoms. The van der Waals surface area contributed by atoms with Crippen molar-refractivity contribution >= 4 is 17.3 Å². The van der Waals surface area contributed by atoms with Gasteiger partial charge in [0.1, 0.15) is 5.02 Å². The van der Waals surface area contributed by atoms with Crippen LogP contribution in [0, 0.1) is 5.92 Å². The Morgan fingerprint density at radius 3 is 3.25 bits per heavy atom. The fraction of sp³-hybridized carbons (Fsp3) is 0.600. The average molecular weight is 244 g/mol. The molecule has 1 N–H and O–H groups in total. The maximum atomic E-state index is 11.3. The second-order valence-electron chi connectivity index (χ2n) is 4.01. The number of halogens is 1. The molecule has 1 unspecified atom stereocenters. The van der Waals surface area contributed by atoms with E-state index in [9.17, 15) is 4.79 Å². The van der Waals surface area contributed by atoms with Crippen molar-refractivity contribution in [3.63, 3.8) is 0 Å². The molecule has 1 aromatic heterocycles. The van der Waals surface area contributed by atoms with Gasteiger partial charge in [0.15, 0.2) is 0 Å². The molecule has 1 aromatic rings. The molecule has 6 heteroatoms. The number of H-pyrrole nitrogens is 1. The van der Waals surface area contributed by atoms with Gasteiger partial charge in [0.2, 0.25) is 0 Å². The Kier molecular flexibility index (Phi) is 3.46. The molecular formula is C10H14ClN3O2. The first-order valence-corrected chi connectivity index (χ1v) is 5.58. The molecule has 1 fully saturated rings. The quantitative estimate of drug-likeness (QED) is 0.857. The molecule has 2 heterocycles. The number of ether oxygens (including phenoxy) is 1. The summed E-state index contributed by atoms with van der Waals surface area (Å²) in [6, 6.07) is 0. The third-order valence-corrected chi connectivity index (χ3v) is 3.11. The van der Waals surface area contributed by atoms with Gasteiger partial charge in [0.25, 0.3) is 5.56 Å². The van der Waals surface area contributed by atoms with Crippen molar-refractivity contribution in [3.05, 3.63) is 21.6 Å². The maximum Gasteiger partial charge on any atom is 0.285 e. The highest BCUT2D eigenvalue weighted by atomic mass is 35.5. The van der Waals surface area contributed by atoms with Crippen LogP contribution in [0.1, 0.15) is 6.42 Å². The number of anilines is 1. The molecular weight excluding hydrogens is 230 g/mol. The standard InChI is InChI=1S/C10H14ClN3O2/c1-14(5-7-2-3-16-6-7)8-4-12-13-10(15)9(8)11/h4,7H,2-3,5-6H2,1H3,(H,13,15). The highest BCUT2D eigenvalue weighted by Crippen LogP contribution is 2.22. The summed E-state index contributed by atoms with van der Waals surface area (Å²) < 4.78 is 5.30. The van der Waals surface area contributed by atoms with Crippen LogP contribution in [0.15, 0.2) is 11.0 Å². The van der Waals surface area contributed by atoms with E-state index in [0.717, 1.165) is 26.2 Å². The molecule has 0 spiro atoms. The molecule has 0 radical (unpaired) electrons. The van der Waals surface area contributed by atoms with Crippen molar-refractivity contribution in [2.75, 3.05) is 31.7 Å². The third kappa shape index (κ3) is 2.36. The minimum atomic E-state index is -0.353. The van der Waals surface area contributed by atoms with E-state index in [1.807, 2.05) is 11.9 Å². The molecule has 1 aliphatic heterocycles. The molecule has 1 saturated heterocycles. The van der Waals surface area contributed by atoms with Gasteiger partial charge in [-0.15, -0.1) is 0 Å². The molecule has 0 aromatic carbocycles. The number of hydrogen-bond acceptors (Lipinski definition) is 4. The van der Waals surface area contributed by atoms with Crippen LogP contribution in [0.5, 0.6) is 0 Å². The van der Waals surface area contributed by atoms with Crippen LogP contribution in [-0.2, 0) is 4.74 Å². The van der Waals surface area contributed by atoms with Crippen molar-refractivity contribution in [2.45, 2.75) is 6.42 Å². The van der Waals surface area contributed by atoms with Crippen LogP contribution < -0.4 is 10.5 Å². The lowest BCUT2D eigenvalue weighted by atomic mass is 10.1. The van der Waals surface area contributed by atoms with E-state index < -0.39 is 0 Å². The zero-order valence-electron chi connectivity index (χ0n) is 9.07. The first-order valence-electron chi connectivity index (χ1n) is 5.20. The van der Waals surface area contributed by atoms with Crippen molar-refractivity contribution in [3.8, 4) is 0 Å². The van der Waals surface area contributed by atoms with Gasteiger partial charge < -0.3 is 9.64 Å². The fourth-order valence-corrected chi connectivity index (χ4v) is 2.09. The van der Waals surface area contributed by atoms with E-state index in [4.69, 9.17) is 16.3 Å². The Morgan fingerprint density at radius 2 is 2.56 bits per heavy atom. The normalized spacial score (nSPS) is 20.0. The van der Waals surface area contributed by atoms with E-state index in [1.165, 1.54) is 0 Å². The Labute approximate surface area is 98.4 Å². The highest BCUT2D eigenvalue weighted by Gasteiger charge is 2.19. The molecule has 0 bridgehead atoms. The monoisotopic (exact) mass is 243 g/mol. The molecule has 88 valence electrons. The predicted octanol–water partition coefficient (Wildman–Crippen LogP) is 0.896. The minimum absolute atomic E-state index is 0.191. The van der Waals surface area contributed by atoms with Crippen LogP contribution >= 0.6 is 11.6 Å². The summed E-state index contributed by atoms with van der Waals surface area (Å²) in [5, 5.41) is 6.24. The van der Waals surface area contributed by atoms with Crippen molar-refractivity contribution in [2.24, 2.45) is 5.92 Å². The molecule has 1 aliphatic rings. The summed E-state index contributed by atoms with van der Waals surface area (Å²) in [5.74, 6) is 0.500. The summed E-state index contributed by atoms with van der Waals surface area (Å²) >= 11 is 5.92. The van der Waals surface area contributed by atoms with Crippen molar-refractivity contribution in [1.82, 2.24) is 10.2 Å². The molecule has 0 saturated carbocycles. The predicted molar refractivity (Wildman–Crippen MR) is 62.1 cm³/mol. The number of nitrogens with one attached hydrogen (secondary N) is 1. The number of hydrogen-bond donors (Lipinski definition) is 1. The van der Waals surface area contributed by atoms with Crippen LogP contribution in [0.4, 0.5) is 5.69 Å². The average Bonchev–Trinajstić information content (AvgIpc) is 2.74. The number of aromatic nitrogens is 2. The Balaban J connectivity index is 2.10. The molecule has 2 rings (SSSR count). The summed E-state index contributed by atoms with van der Waals surface area (Å²) in [7, 11) is 1.90. The van der Waals surface area contributed by atoms with E-state index >= 15 is 0 Å². The number of rotatable bonds is 3. The lowest BCUT2D eigenvalue weighted by Gasteiger charge is -2.22. The zero-order valence-corrected chi connectivity index (χ0v) is 9.83. The van der Waals surface area contributed by atoms with Crippen molar-refractivity contribution < 1.29 is 4.74 Å². The Bertz CT molecular complexity index is 415. The Hall–Kier alpha value is -1.07. The Morgan fingerprint density at radius 1 is 1.75 bits per heavy atom. The van der Waals surface area contributed by atoms with E-state index in [1.54, 1.807) is 6.20 Å². The maximum absolute atomic E-state index is 11.3. The van der Waals surface area contributed by atoms with Crippen LogP contribution in [0.25, 0.3) is 0 Å². The third-order valence-electron chi connectivity index (χ3n) is 2.74. The van der Waals surface area contributed by atoms with Gasteiger partial charge in [0, 0.05) is 26.1 Å². The summed E-state index contributed by atoms with van der Waals surface area (Å²) in [5.41, 5.74) is 0.311. The summed E-state index contributed by atoms with van der Waals surface area (Å²) in [4.78, 5) is 13.2. The second kappa shape index (κ2) is 4.84. The minimum Gasteiger partial charge on any atom is -0.381 e. The SMILES string of the molecule is CN(CC1CCOC1)c1cn[nH]c(=O)c1Cl. The summed E-state index contributed by atoms with van der Waals surface area (Å²) in [6.07, 6.45) is 2.62. The van der Waals surface area contributed by atoms with Gasteiger partial charge in [0.05, 0.1) is 18.5 Å². The molecule has 5 nitrogen and oxygen atoms in total. The van der Waals surface area contributed by atoms with Gasteiger partial charge in [-0.1, -0.05) is 11.6 Å². The van der Waals surface area contributed by atoms with Crippen molar-refractivity contribution in [1.29, 1.82) is 0 Å². The first kappa shape index (κ1) is 11.4. The van der Waals surface area contributed by atoms with Crippen LogP contribution in [0.2, 0.25) is 5.02 Å². The topological polar surface area (TPSA) is 58.2 Å². The highest BCUT2D eigenvalue weighted by molar-refractivity contribution is 6.32. The summed E-state index contributed by atoms with van der Waals surface area (Å²) in [6.45, 7) is 2.42. The lowest BCUT2D eigenvalue weighted by molar-refractivity contribution is 0.186. The smallest absolute Gasteiger partial charge is 0.285 e. The lowest BCUT2D eigenvalue weighted by Crippen LogP contribution is -2.27. The van der Waals surface area contributed by atoms with E-state index in [2.05, 4.69) is 10.2 Å². The first-order chi connectivity index (χ1) is 7.68. The number of nitrogens with zero attached hydrogens (tertiary/aromatic N) is 2. The second-order valence-corrected chi connectivity index (χ2v) is 4.39. The van der Waals surface area contributed by atoms with Gasteiger partial charge in [-0.3, -0.25) is 4.79 Å². The molecule has 0 amide bonds. The fourth-order valence-electron chi connectivity index (χ4n) is 1.85.